The maximum atomic E-state index is 14.0. The number of hydrogen-bond donors (Lipinski definition) is 0. The minimum atomic E-state index is -0.737. The average molecular weight is 446 g/mol. The standard InChI is InChI=1S/C19H18ClF2N3OS.ClH/c1-24(2)7-8-25(17(26)9-12-5-3-4-6-14(12)20)19-23-18-15(22)10-13(21)11-16(18)27-19;/h3-6,10-11H,7-9H2,1-2H3;1H. The van der Waals surface area contributed by atoms with E-state index in [1.807, 2.05) is 25.1 Å². The molecular weight excluding hydrogens is 427 g/mol. The first-order valence-corrected chi connectivity index (χ1v) is 9.48. The second-order valence-corrected chi connectivity index (χ2v) is 7.76. The van der Waals surface area contributed by atoms with E-state index in [9.17, 15) is 13.6 Å². The van der Waals surface area contributed by atoms with Crippen molar-refractivity contribution in [3.8, 4) is 0 Å². The highest BCUT2D eigenvalue weighted by molar-refractivity contribution is 7.22. The Kier molecular flexibility index (Phi) is 7.71. The van der Waals surface area contributed by atoms with Crippen molar-refractivity contribution in [3.05, 3.63) is 58.6 Å². The number of benzene rings is 2. The predicted octanol–water partition coefficient (Wildman–Crippen LogP) is 4.79. The first-order valence-electron chi connectivity index (χ1n) is 8.29. The Morgan fingerprint density at radius 3 is 2.57 bits per heavy atom. The van der Waals surface area contributed by atoms with Gasteiger partial charge < -0.3 is 4.90 Å². The van der Waals surface area contributed by atoms with Gasteiger partial charge >= 0.3 is 0 Å². The average Bonchev–Trinajstić information content (AvgIpc) is 3.00. The Morgan fingerprint density at radius 2 is 1.89 bits per heavy atom. The summed E-state index contributed by atoms with van der Waals surface area (Å²) in [6.07, 6.45) is 0.0971. The first-order chi connectivity index (χ1) is 12.8. The van der Waals surface area contributed by atoms with E-state index in [2.05, 4.69) is 4.98 Å². The van der Waals surface area contributed by atoms with Crippen LogP contribution in [0.2, 0.25) is 5.02 Å². The van der Waals surface area contributed by atoms with Crippen LogP contribution >= 0.6 is 35.3 Å². The molecule has 3 aromatic rings. The summed E-state index contributed by atoms with van der Waals surface area (Å²) in [6, 6.07) is 9.14. The number of hydrogen-bond acceptors (Lipinski definition) is 4. The highest BCUT2D eigenvalue weighted by atomic mass is 35.5. The molecule has 0 saturated carbocycles. The zero-order valence-corrected chi connectivity index (χ0v) is 17.7. The number of thiazole rings is 1. The molecule has 0 N–H and O–H groups in total. The summed E-state index contributed by atoms with van der Waals surface area (Å²) < 4.78 is 27.9. The van der Waals surface area contributed by atoms with Gasteiger partial charge in [-0.2, -0.15) is 0 Å². The smallest absolute Gasteiger partial charge is 0.233 e. The van der Waals surface area contributed by atoms with E-state index in [4.69, 9.17) is 11.6 Å². The molecule has 1 amide bonds. The fourth-order valence-corrected chi connectivity index (χ4v) is 3.84. The van der Waals surface area contributed by atoms with Crippen molar-refractivity contribution in [1.82, 2.24) is 9.88 Å². The van der Waals surface area contributed by atoms with Crippen LogP contribution in [0.25, 0.3) is 10.2 Å². The van der Waals surface area contributed by atoms with Crippen LogP contribution in [-0.4, -0.2) is 43.0 Å². The van der Waals surface area contributed by atoms with Gasteiger partial charge in [0.2, 0.25) is 5.91 Å². The number of anilines is 1. The lowest BCUT2D eigenvalue weighted by molar-refractivity contribution is -0.118. The maximum absolute atomic E-state index is 14.0. The number of likely N-dealkylation sites (N-methyl/N-ethyl adjacent to an activating group) is 1. The summed E-state index contributed by atoms with van der Waals surface area (Å²) in [4.78, 5) is 20.6. The van der Waals surface area contributed by atoms with Crippen LogP contribution in [0.5, 0.6) is 0 Å². The van der Waals surface area contributed by atoms with Crippen LogP contribution in [0.4, 0.5) is 13.9 Å². The molecule has 0 spiro atoms. The van der Waals surface area contributed by atoms with Gasteiger partial charge in [0.15, 0.2) is 10.9 Å². The highest BCUT2D eigenvalue weighted by Crippen LogP contribution is 2.31. The quantitative estimate of drug-likeness (QED) is 0.547. The molecule has 0 unspecified atom stereocenters. The number of nitrogens with zero attached hydrogens (tertiary/aromatic N) is 3. The molecule has 0 aliphatic carbocycles. The Labute approximate surface area is 177 Å². The van der Waals surface area contributed by atoms with Gasteiger partial charge in [0.1, 0.15) is 11.3 Å². The van der Waals surface area contributed by atoms with E-state index >= 15 is 0 Å². The van der Waals surface area contributed by atoms with Crippen molar-refractivity contribution in [3.63, 3.8) is 0 Å². The zero-order valence-electron chi connectivity index (χ0n) is 15.3. The number of carbonyl (C=O) groups is 1. The van der Waals surface area contributed by atoms with Crippen LogP contribution in [0.15, 0.2) is 36.4 Å². The summed E-state index contributed by atoms with van der Waals surface area (Å²) in [5.41, 5.74) is 0.772. The lowest BCUT2D eigenvalue weighted by Crippen LogP contribution is -2.37. The Balaban J connectivity index is 0.00000280. The van der Waals surface area contributed by atoms with E-state index in [0.717, 1.165) is 17.4 Å². The molecule has 9 heteroatoms. The normalized spacial score (nSPS) is 10.9. The zero-order chi connectivity index (χ0) is 19.6. The van der Waals surface area contributed by atoms with Gasteiger partial charge in [0.05, 0.1) is 11.1 Å². The molecule has 0 fully saturated rings. The minimum Gasteiger partial charge on any atom is -0.308 e. The van der Waals surface area contributed by atoms with Crippen LogP contribution in [-0.2, 0) is 11.2 Å². The van der Waals surface area contributed by atoms with Gasteiger partial charge in [-0.1, -0.05) is 41.1 Å². The molecule has 0 bridgehead atoms. The summed E-state index contributed by atoms with van der Waals surface area (Å²) in [5, 5.41) is 0.851. The lowest BCUT2D eigenvalue weighted by Gasteiger charge is -2.22. The minimum absolute atomic E-state index is 0. The van der Waals surface area contributed by atoms with Crippen LogP contribution in [0.3, 0.4) is 0 Å². The molecule has 2 aromatic carbocycles. The van der Waals surface area contributed by atoms with Gasteiger partial charge in [-0.05, 0) is 31.8 Å². The van der Waals surface area contributed by atoms with Gasteiger partial charge in [-0.3, -0.25) is 9.69 Å². The van der Waals surface area contributed by atoms with Crippen molar-refractivity contribution in [2.45, 2.75) is 6.42 Å². The van der Waals surface area contributed by atoms with Crippen molar-refractivity contribution < 1.29 is 13.6 Å². The highest BCUT2D eigenvalue weighted by Gasteiger charge is 2.22. The van der Waals surface area contributed by atoms with Gasteiger partial charge in [-0.15, -0.1) is 12.4 Å². The van der Waals surface area contributed by atoms with E-state index in [0.29, 0.717) is 33.5 Å². The fraction of sp³-hybridized carbons (Fsp3) is 0.263. The number of amides is 1. The first kappa shape index (κ1) is 22.5. The molecule has 150 valence electrons. The van der Waals surface area contributed by atoms with E-state index in [-0.39, 0.29) is 30.3 Å². The maximum Gasteiger partial charge on any atom is 0.233 e. The van der Waals surface area contributed by atoms with Crippen LogP contribution < -0.4 is 4.90 Å². The third kappa shape index (κ3) is 5.17. The lowest BCUT2D eigenvalue weighted by atomic mass is 10.1. The molecule has 28 heavy (non-hydrogen) atoms. The van der Waals surface area contributed by atoms with Crippen LogP contribution in [0.1, 0.15) is 5.56 Å². The molecule has 1 aromatic heterocycles. The number of aromatic nitrogens is 1. The molecular formula is C19H19Cl2F2N3OS. The largest absolute Gasteiger partial charge is 0.308 e. The van der Waals surface area contributed by atoms with Crippen molar-refractivity contribution >= 4 is 56.6 Å². The number of halogens is 4. The third-order valence-corrected chi connectivity index (χ3v) is 5.40. The number of rotatable bonds is 6. The van der Waals surface area contributed by atoms with E-state index in [1.165, 1.54) is 11.0 Å². The van der Waals surface area contributed by atoms with E-state index in [1.54, 1.807) is 18.2 Å². The molecule has 0 radical (unpaired) electrons. The molecule has 0 atom stereocenters. The van der Waals surface area contributed by atoms with Crippen molar-refractivity contribution in [2.75, 3.05) is 32.1 Å². The van der Waals surface area contributed by atoms with Crippen molar-refractivity contribution in [1.29, 1.82) is 0 Å². The summed E-state index contributed by atoms with van der Waals surface area (Å²) >= 11 is 7.26. The molecule has 3 rings (SSSR count). The summed E-state index contributed by atoms with van der Waals surface area (Å²) in [5.74, 6) is -1.61. The molecule has 4 nitrogen and oxygen atoms in total. The number of fused-ring (bicyclic) bond motifs is 1. The second-order valence-electron chi connectivity index (χ2n) is 6.35. The predicted molar refractivity (Wildman–Crippen MR) is 113 cm³/mol. The van der Waals surface area contributed by atoms with Crippen LogP contribution in [0, 0.1) is 11.6 Å². The Morgan fingerprint density at radius 1 is 1.18 bits per heavy atom. The van der Waals surface area contributed by atoms with Gasteiger partial charge in [0, 0.05) is 24.2 Å². The van der Waals surface area contributed by atoms with Crippen molar-refractivity contribution in [2.24, 2.45) is 0 Å². The number of carbonyl (C=O) groups excluding carboxylic acids is 1. The summed E-state index contributed by atoms with van der Waals surface area (Å²) in [6.45, 7) is 0.973. The SMILES string of the molecule is CN(C)CCN(C(=O)Cc1ccccc1Cl)c1nc2c(F)cc(F)cc2s1.Cl. The second kappa shape index (κ2) is 9.60. The Hall–Kier alpha value is -1.80. The third-order valence-electron chi connectivity index (χ3n) is 4.00. The molecule has 0 aliphatic heterocycles. The van der Waals surface area contributed by atoms with E-state index < -0.39 is 11.6 Å². The molecule has 0 saturated heterocycles. The monoisotopic (exact) mass is 445 g/mol. The van der Waals surface area contributed by atoms with Gasteiger partial charge in [-0.25, -0.2) is 13.8 Å². The summed E-state index contributed by atoms with van der Waals surface area (Å²) in [7, 11) is 3.79. The molecule has 0 aliphatic rings. The fourth-order valence-electron chi connectivity index (χ4n) is 2.59. The Bertz CT molecular complexity index is 981. The molecule has 1 heterocycles. The topological polar surface area (TPSA) is 36.4 Å². The van der Waals surface area contributed by atoms with Gasteiger partial charge in [0.25, 0.3) is 0 Å².